The summed E-state index contributed by atoms with van der Waals surface area (Å²) in [4.78, 5) is 0. The van der Waals surface area contributed by atoms with Gasteiger partial charge in [0.2, 0.25) is 0 Å². The summed E-state index contributed by atoms with van der Waals surface area (Å²) in [5.41, 5.74) is 0.747. The summed E-state index contributed by atoms with van der Waals surface area (Å²) in [5, 5.41) is 10.4. The lowest BCUT2D eigenvalue weighted by atomic mass is 9.94. The van der Waals surface area contributed by atoms with E-state index in [0.717, 1.165) is 12.0 Å². The molecule has 100 valence electrons. The largest absolute Gasteiger partial charge is 0.497 e. The SMILES string of the molecule is COc1ccc(C(O)C2OCCC2C)c(OC)c1. The van der Waals surface area contributed by atoms with Gasteiger partial charge in [-0.1, -0.05) is 6.92 Å². The third-order valence-corrected chi connectivity index (χ3v) is 3.51. The molecule has 1 fully saturated rings. The van der Waals surface area contributed by atoms with Gasteiger partial charge in [0.25, 0.3) is 0 Å². The number of aliphatic hydroxyl groups excluding tert-OH is 1. The Kier molecular flexibility index (Phi) is 4.09. The van der Waals surface area contributed by atoms with Gasteiger partial charge in [-0.2, -0.15) is 0 Å². The molecule has 3 unspecified atom stereocenters. The maximum absolute atomic E-state index is 10.4. The smallest absolute Gasteiger partial charge is 0.128 e. The maximum Gasteiger partial charge on any atom is 0.128 e. The van der Waals surface area contributed by atoms with Gasteiger partial charge in [-0.05, 0) is 24.5 Å². The van der Waals surface area contributed by atoms with Crippen LogP contribution in [0.4, 0.5) is 0 Å². The van der Waals surface area contributed by atoms with Crippen LogP contribution in [0.5, 0.6) is 11.5 Å². The van der Waals surface area contributed by atoms with Crippen LogP contribution in [-0.4, -0.2) is 32.0 Å². The first-order valence-corrected chi connectivity index (χ1v) is 6.19. The minimum Gasteiger partial charge on any atom is -0.497 e. The molecular formula is C14H20O4. The molecule has 3 atom stereocenters. The summed E-state index contributed by atoms with van der Waals surface area (Å²) >= 11 is 0. The van der Waals surface area contributed by atoms with Crippen LogP contribution in [0.1, 0.15) is 25.0 Å². The van der Waals surface area contributed by atoms with Crippen molar-refractivity contribution in [3.63, 3.8) is 0 Å². The van der Waals surface area contributed by atoms with E-state index in [2.05, 4.69) is 6.92 Å². The van der Waals surface area contributed by atoms with Crippen LogP contribution in [0.15, 0.2) is 18.2 Å². The molecule has 1 aromatic carbocycles. The zero-order chi connectivity index (χ0) is 13.1. The molecule has 1 N–H and O–H groups in total. The van der Waals surface area contributed by atoms with E-state index < -0.39 is 6.10 Å². The van der Waals surface area contributed by atoms with Gasteiger partial charge in [-0.15, -0.1) is 0 Å². The van der Waals surface area contributed by atoms with Gasteiger partial charge in [0.15, 0.2) is 0 Å². The fourth-order valence-electron chi connectivity index (χ4n) is 2.36. The highest BCUT2D eigenvalue weighted by atomic mass is 16.5. The van der Waals surface area contributed by atoms with Crippen LogP contribution >= 0.6 is 0 Å². The molecule has 0 saturated carbocycles. The van der Waals surface area contributed by atoms with Crippen LogP contribution in [0.2, 0.25) is 0 Å². The molecule has 0 amide bonds. The molecule has 0 bridgehead atoms. The molecule has 4 heteroatoms. The van der Waals surface area contributed by atoms with Crippen LogP contribution in [0.3, 0.4) is 0 Å². The predicted molar refractivity (Wildman–Crippen MR) is 68.0 cm³/mol. The second kappa shape index (κ2) is 5.59. The first-order valence-electron chi connectivity index (χ1n) is 6.19. The fraction of sp³-hybridized carbons (Fsp3) is 0.571. The van der Waals surface area contributed by atoms with E-state index in [1.165, 1.54) is 0 Å². The minimum atomic E-state index is -0.664. The molecule has 0 spiro atoms. The number of ether oxygens (including phenoxy) is 3. The highest BCUT2D eigenvalue weighted by molar-refractivity contribution is 5.42. The van der Waals surface area contributed by atoms with Gasteiger partial charge in [0, 0.05) is 18.2 Å². The fourth-order valence-corrected chi connectivity index (χ4v) is 2.36. The normalized spacial score (nSPS) is 24.9. The summed E-state index contributed by atoms with van der Waals surface area (Å²) in [6, 6.07) is 5.43. The molecule has 1 aliphatic rings. The van der Waals surface area contributed by atoms with Crippen molar-refractivity contribution in [3.05, 3.63) is 23.8 Å². The molecule has 0 radical (unpaired) electrons. The van der Waals surface area contributed by atoms with Crippen molar-refractivity contribution in [2.24, 2.45) is 5.92 Å². The lowest BCUT2D eigenvalue weighted by Crippen LogP contribution is -2.23. The van der Waals surface area contributed by atoms with Gasteiger partial charge in [0.05, 0.1) is 20.3 Å². The molecule has 0 aliphatic carbocycles. The van der Waals surface area contributed by atoms with E-state index in [4.69, 9.17) is 14.2 Å². The van der Waals surface area contributed by atoms with Gasteiger partial charge in [0.1, 0.15) is 17.6 Å². The number of hydrogen-bond donors (Lipinski definition) is 1. The van der Waals surface area contributed by atoms with Gasteiger partial charge in [-0.25, -0.2) is 0 Å². The summed E-state index contributed by atoms with van der Waals surface area (Å²) in [6.45, 7) is 2.80. The van der Waals surface area contributed by atoms with Gasteiger partial charge in [-0.3, -0.25) is 0 Å². The molecule has 1 saturated heterocycles. The van der Waals surface area contributed by atoms with Crippen LogP contribution < -0.4 is 9.47 Å². The number of aliphatic hydroxyl groups is 1. The number of methoxy groups -OCH3 is 2. The zero-order valence-corrected chi connectivity index (χ0v) is 11.1. The highest BCUT2D eigenvalue weighted by Gasteiger charge is 2.33. The van der Waals surface area contributed by atoms with E-state index >= 15 is 0 Å². The van der Waals surface area contributed by atoms with Crippen molar-refractivity contribution in [2.75, 3.05) is 20.8 Å². The Morgan fingerprint density at radius 2 is 2.11 bits per heavy atom. The molecular weight excluding hydrogens is 232 g/mol. The minimum absolute atomic E-state index is 0.160. The maximum atomic E-state index is 10.4. The van der Waals surface area contributed by atoms with Crippen LogP contribution in [-0.2, 0) is 4.74 Å². The van der Waals surface area contributed by atoms with Crippen molar-refractivity contribution >= 4 is 0 Å². The van der Waals surface area contributed by atoms with E-state index in [1.807, 2.05) is 12.1 Å². The van der Waals surface area contributed by atoms with E-state index in [9.17, 15) is 5.11 Å². The van der Waals surface area contributed by atoms with Crippen molar-refractivity contribution in [1.82, 2.24) is 0 Å². The Morgan fingerprint density at radius 3 is 2.67 bits per heavy atom. The lowest BCUT2D eigenvalue weighted by Gasteiger charge is -2.23. The first-order chi connectivity index (χ1) is 8.67. The monoisotopic (exact) mass is 252 g/mol. The molecule has 18 heavy (non-hydrogen) atoms. The van der Waals surface area contributed by atoms with Crippen molar-refractivity contribution in [2.45, 2.75) is 25.6 Å². The Balaban J connectivity index is 2.26. The quantitative estimate of drug-likeness (QED) is 0.892. The third-order valence-electron chi connectivity index (χ3n) is 3.51. The topological polar surface area (TPSA) is 47.9 Å². The molecule has 4 nitrogen and oxygen atoms in total. The van der Waals surface area contributed by atoms with E-state index in [0.29, 0.717) is 24.0 Å². The van der Waals surface area contributed by atoms with Crippen molar-refractivity contribution in [1.29, 1.82) is 0 Å². The van der Waals surface area contributed by atoms with Crippen molar-refractivity contribution in [3.8, 4) is 11.5 Å². The summed E-state index contributed by atoms with van der Waals surface area (Å²) in [6.07, 6.45) is 0.163. The zero-order valence-electron chi connectivity index (χ0n) is 11.1. The molecule has 1 heterocycles. The number of hydrogen-bond acceptors (Lipinski definition) is 4. The Bertz CT molecular complexity index is 405. The summed E-state index contributed by atoms with van der Waals surface area (Å²) in [5.74, 6) is 1.69. The first kappa shape index (κ1) is 13.2. The summed E-state index contributed by atoms with van der Waals surface area (Å²) < 4.78 is 16.1. The Morgan fingerprint density at radius 1 is 1.33 bits per heavy atom. The Hall–Kier alpha value is -1.26. The molecule has 1 aromatic rings. The molecule has 1 aliphatic heterocycles. The predicted octanol–water partition coefficient (Wildman–Crippen LogP) is 2.16. The second-order valence-electron chi connectivity index (χ2n) is 4.65. The average molecular weight is 252 g/mol. The number of benzene rings is 1. The van der Waals surface area contributed by atoms with E-state index in [-0.39, 0.29) is 6.10 Å². The van der Waals surface area contributed by atoms with Crippen molar-refractivity contribution < 1.29 is 19.3 Å². The lowest BCUT2D eigenvalue weighted by molar-refractivity contribution is -0.0187. The van der Waals surface area contributed by atoms with E-state index in [1.54, 1.807) is 20.3 Å². The van der Waals surface area contributed by atoms with Crippen LogP contribution in [0.25, 0.3) is 0 Å². The molecule has 0 aromatic heterocycles. The summed E-state index contributed by atoms with van der Waals surface area (Å²) in [7, 11) is 3.19. The second-order valence-corrected chi connectivity index (χ2v) is 4.65. The van der Waals surface area contributed by atoms with Gasteiger partial charge >= 0.3 is 0 Å². The standard InChI is InChI=1S/C14H20O4/c1-9-6-7-18-14(9)13(15)11-5-4-10(16-2)8-12(11)17-3/h4-5,8-9,13-15H,6-7H2,1-3H3. The highest BCUT2D eigenvalue weighted by Crippen LogP contribution is 2.36. The third kappa shape index (κ3) is 2.44. The van der Waals surface area contributed by atoms with Gasteiger partial charge < -0.3 is 19.3 Å². The number of rotatable bonds is 4. The average Bonchev–Trinajstić information content (AvgIpc) is 2.83. The molecule has 2 rings (SSSR count). The van der Waals surface area contributed by atoms with Crippen LogP contribution in [0, 0.1) is 5.92 Å². The Labute approximate surface area is 107 Å².